The lowest BCUT2D eigenvalue weighted by atomic mass is 10.1. The lowest BCUT2D eigenvalue weighted by molar-refractivity contribution is -0.137. The van der Waals surface area contributed by atoms with Gasteiger partial charge < -0.3 is 0 Å². The van der Waals surface area contributed by atoms with Crippen LogP contribution in [0, 0.1) is 11.3 Å². The molecule has 0 unspecified atom stereocenters. The van der Waals surface area contributed by atoms with Gasteiger partial charge in [-0.1, -0.05) is 34.5 Å². The summed E-state index contributed by atoms with van der Waals surface area (Å²) in [5.41, 5.74) is -0.381. The number of alkyl halides is 3. The van der Waals surface area contributed by atoms with Gasteiger partial charge in [0, 0.05) is 15.6 Å². The molecule has 96 valence electrons. The highest BCUT2D eigenvalue weighted by Crippen LogP contribution is 2.36. The fourth-order valence-electron chi connectivity index (χ4n) is 1.32. The molecule has 0 aliphatic rings. The zero-order valence-electron chi connectivity index (χ0n) is 9.28. The van der Waals surface area contributed by atoms with E-state index in [4.69, 9.17) is 16.9 Å². The first kappa shape index (κ1) is 15.1. The molecule has 0 aliphatic carbocycles. The highest BCUT2D eigenvalue weighted by atomic mass is 79.9. The molecule has 1 rings (SSSR count). The van der Waals surface area contributed by atoms with E-state index < -0.39 is 11.7 Å². The summed E-state index contributed by atoms with van der Waals surface area (Å²) in [4.78, 5) is 0. The summed E-state index contributed by atoms with van der Waals surface area (Å²) in [7, 11) is 0. The molecular formula is C12H8BrClF3N. The van der Waals surface area contributed by atoms with E-state index in [1.165, 1.54) is 6.07 Å². The lowest BCUT2D eigenvalue weighted by Crippen LogP contribution is -2.05. The average Bonchev–Trinajstić information content (AvgIpc) is 2.29. The number of nitrogens with zero attached hydrogens (tertiary/aromatic N) is 1. The van der Waals surface area contributed by atoms with Crippen molar-refractivity contribution in [2.24, 2.45) is 0 Å². The Bertz CT molecular complexity index is 529. The van der Waals surface area contributed by atoms with Crippen molar-refractivity contribution in [1.29, 1.82) is 5.26 Å². The Kier molecular flexibility index (Phi) is 4.83. The van der Waals surface area contributed by atoms with Gasteiger partial charge >= 0.3 is 6.18 Å². The third-order valence-electron chi connectivity index (χ3n) is 2.28. The monoisotopic (exact) mass is 337 g/mol. The predicted octanol–water partition coefficient (Wildman–Crippen LogP) is 5.35. The molecule has 0 aliphatic heterocycles. The number of halogens is 5. The Morgan fingerprint density at radius 1 is 1.44 bits per heavy atom. The number of benzene rings is 1. The molecule has 0 fully saturated rings. The number of hydrogen-bond acceptors (Lipinski definition) is 1. The van der Waals surface area contributed by atoms with E-state index in [0.29, 0.717) is 10.9 Å². The number of rotatable bonds is 2. The quantitative estimate of drug-likeness (QED) is 0.667. The van der Waals surface area contributed by atoms with Gasteiger partial charge in [-0.15, -0.1) is 0 Å². The van der Waals surface area contributed by atoms with Crippen LogP contribution in [0.15, 0.2) is 28.2 Å². The maximum atomic E-state index is 12.6. The van der Waals surface area contributed by atoms with E-state index in [1.807, 2.05) is 6.07 Å². The van der Waals surface area contributed by atoms with E-state index in [1.54, 1.807) is 6.92 Å². The molecule has 1 aromatic carbocycles. The van der Waals surface area contributed by atoms with Crippen LogP contribution in [0.25, 0.3) is 5.03 Å². The van der Waals surface area contributed by atoms with Gasteiger partial charge in [-0.25, -0.2) is 0 Å². The third kappa shape index (κ3) is 3.27. The summed E-state index contributed by atoms with van der Waals surface area (Å²) in [5.74, 6) is 0. The van der Waals surface area contributed by atoms with Gasteiger partial charge in [0.1, 0.15) is 0 Å². The molecule has 0 heterocycles. The highest BCUT2D eigenvalue weighted by Gasteiger charge is 2.31. The minimum absolute atomic E-state index is 0.0398. The molecule has 0 bridgehead atoms. The molecule has 0 amide bonds. The normalized spacial score (nSPS) is 12.9. The van der Waals surface area contributed by atoms with Crippen LogP contribution in [0.2, 0.25) is 0 Å². The summed E-state index contributed by atoms with van der Waals surface area (Å²) in [6.07, 6.45) is -4.08. The van der Waals surface area contributed by atoms with Gasteiger partial charge in [-0.05, 0) is 24.6 Å². The van der Waals surface area contributed by atoms with Crippen molar-refractivity contribution in [3.05, 3.63) is 39.4 Å². The van der Waals surface area contributed by atoms with Crippen molar-refractivity contribution in [2.45, 2.75) is 19.5 Å². The van der Waals surface area contributed by atoms with Crippen LogP contribution in [0.4, 0.5) is 13.2 Å². The average molecular weight is 339 g/mol. The summed E-state index contributed by atoms with van der Waals surface area (Å²) in [6, 6.07) is 5.03. The largest absolute Gasteiger partial charge is 0.416 e. The molecule has 0 spiro atoms. The third-order valence-corrected chi connectivity index (χ3v) is 3.41. The first-order valence-corrected chi connectivity index (χ1v) is 6.14. The summed E-state index contributed by atoms with van der Waals surface area (Å²) < 4.78 is 38.2. The Labute approximate surface area is 116 Å². The second kappa shape index (κ2) is 5.77. The molecule has 0 saturated carbocycles. The van der Waals surface area contributed by atoms with Crippen LogP contribution >= 0.6 is 27.5 Å². The molecule has 6 heteroatoms. The van der Waals surface area contributed by atoms with Gasteiger partial charge in [-0.3, -0.25) is 0 Å². The smallest absolute Gasteiger partial charge is 0.193 e. The molecule has 1 nitrogen and oxygen atoms in total. The minimum Gasteiger partial charge on any atom is -0.193 e. The van der Waals surface area contributed by atoms with Crippen molar-refractivity contribution < 1.29 is 13.2 Å². The van der Waals surface area contributed by atoms with Crippen LogP contribution in [0.1, 0.15) is 24.5 Å². The van der Waals surface area contributed by atoms with Crippen LogP contribution < -0.4 is 0 Å². The van der Waals surface area contributed by atoms with Gasteiger partial charge in [0.15, 0.2) is 0 Å². The Balaban J connectivity index is 3.43. The zero-order valence-corrected chi connectivity index (χ0v) is 11.6. The number of allylic oxidation sites excluding steroid dienone is 1. The van der Waals surface area contributed by atoms with Crippen molar-refractivity contribution in [3.8, 4) is 6.07 Å². The van der Waals surface area contributed by atoms with E-state index >= 15 is 0 Å². The summed E-state index contributed by atoms with van der Waals surface area (Å²) >= 11 is 9.09. The van der Waals surface area contributed by atoms with Gasteiger partial charge in [-0.2, -0.15) is 18.4 Å². The molecular weight excluding hydrogens is 330 g/mol. The number of hydrogen-bond donors (Lipinski definition) is 0. The predicted molar refractivity (Wildman–Crippen MR) is 67.8 cm³/mol. The molecule has 0 atom stereocenters. The molecule has 0 saturated heterocycles. The first-order chi connectivity index (χ1) is 8.31. The van der Waals surface area contributed by atoms with Crippen molar-refractivity contribution in [2.75, 3.05) is 0 Å². The zero-order chi connectivity index (χ0) is 13.9. The van der Waals surface area contributed by atoms with Crippen LogP contribution in [0.5, 0.6) is 0 Å². The van der Waals surface area contributed by atoms with Gasteiger partial charge in [0.05, 0.1) is 16.7 Å². The summed E-state index contributed by atoms with van der Waals surface area (Å²) in [6.45, 7) is 1.71. The van der Waals surface area contributed by atoms with E-state index in [9.17, 15) is 13.2 Å². The molecule has 0 radical (unpaired) electrons. The SMILES string of the molecule is CC/C(C#N)=C(/Cl)c1cc(C(F)(F)F)ccc1Br. The first-order valence-electron chi connectivity index (χ1n) is 4.97. The molecule has 0 aromatic heterocycles. The maximum absolute atomic E-state index is 12.6. The fraction of sp³-hybridized carbons (Fsp3) is 0.250. The van der Waals surface area contributed by atoms with Crippen molar-refractivity contribution >= 4 is 32.6 Å². The van der Waals surface area contributed by atoms with Crippen LogP contribution in [-0.2, 0) is 6.18 Å². The standard InChI is InChI=1S/C12H8BrClF3N/c1-2-7(6-18)11(14)9-5-8(12(15,16)17)3-4-10(9)13/h3-5H,2H2,1H3/b11-7-. The number of nitriles is 1. The molecule has 1 aromatic rings. The lowest BCUT2D eigenvalue weighted by Gasteiger charge is -2.11. The van der Waals surface area contributed by atoms with Crippen molar-refractivity contribution in [1.82, 2.24) is 0 Å². The Morgan fingerprint density at radius 2 is 2.06 bits per heavy atom. The fourth-order valence-corrected chi connectivity index (χ4v) is 2.21. The second-order valence-corrected chi connectivity index (χ2v) is 4.68. The van der Waals surface area contributed by atoms with E-state index in [-0.39, 0.29) is 16.2 Å². The van der Waals surface area contributed by atoms with E-state index in [2.05, 4.69) is 15.9 Å². The Hall–Kier alpha value is -0.990. The van der Waals surface area contributed by atoms with E-state index in [0.717, 1.165) is 12.1 Å². The molecule has 18 heavy (non-hydrogen) atoms. The highest BCUT2D eigenvalue weighted by molar-refractivity contribution is 9.10. The van der Waals surface area contributed by atoms with Crippen LogP contribution in [-0.4, -0.2) is 0 Å². The Morgan fingerprint density at radius 3 is 2.50 bits per heavy atom. The minimum atomic E-state index is -4.44. The van der Waals surface area contributed by atoms with Crippen LogP contribution in [0.3, 0.4) is 0 Å². The van der Waals surface area contributed by atoms with Gasteiger partial charge in [0.25, 0.3) is 0 Å². The van der Waals surface area contributed by atoms with Gasteiger partial charge in [0.2, 0.25) is 0 Å². The topological polar surface area (TPSA) is 23.8 Å². The second-order valence-electron chi connectivity index (χ2n) is 3.45. The molecule has 0 N–H and O–H groups in total. The summed E-state index contributed by atoms with van der Waals surface area (Å²) in [5, 5.41) is 8.89. The van der Waals surface area contributed by atoms with Crippen molar-refractivity contribution in [3.63, 3.8) is 0 Å². The maximum Gasteiger partial charge on any atom is 0.416 e.